The molecule has 0 bridgehead atoms. The smallest absolute Gasteiger partial charge is 0.326 e. The monoisotopic (exact) mass is 323 g/mol. The van der Waals surface area contributed by atoms with Crippen molar-refractivity contribution in [3.63, 3.8) is 0 Å². The van der Waals surface area contributed by atoms with E-state index in [-0.39, 0.29) is 0 Å². The summed E-state index contributed by atoms with van der Waals surface area (Å²) in [6.45, 7) is 1.87. The molecule has 7 heteroatoms. The summed E-state index contributed by atoms with van der Waals surface area (Å²) in [7, 11) is 1.56. The Kier molecular flexibility index (Phi) is 4.42. The number of amides is 2. The van der Waals surface area contributed by atoms with Crippen molar-refractivity contribution >= 4 is 17.7 Å². The van der Waals surface area contributed by atoms with Crippen LogP contribution in [0.15, 0.2) is 54.7 Å². The Morgan fingerprint density at radius 1 is 1.12 bits per heavy atom. The van der Waals surface area contributed by atoms with Gasteiger partial charge in [0, 0.05) is 6.07 Å². The van der Waals surface area contributed by atoms with Gasteiger partial charge < -0.3 is 4.74 Å². The van der Waals surface area contributed by atoms with Crippen LogP contribution in [0.1, 0.15) is 5.69 Å². The van der Waals surface area contributed by atoms with Crippen LogP contribution in [0.5, 0.6) is 5.75 Å². The zero-order valence-corrected chi connectivity index (χ0v) is 13.4. The number of carbonyl (C=O) groups excluding carboxylic acids is 1. The summed E-state index contributed by atoms with van der Waals surface area (Å²) in [4.78, 5) is 16.3. The fraction of sp³-hybridized carbons (Fsp3) is 0.118. The van der Waals surface area contributed by atoms with Gasteiger partial charge in [0.1, 0.15) is 17.4 Å². The lowest BCUT2D eigenvalue weighted by atomic mass is 10.3. The molecule has 0 saturated heterocycles. The van der Waals surface area contributed by atoms with E-state index in [1.54, 1.807) is 30.0 Å². The standard InChI is InChI=1S/C17H17N5O2/c1-12-10-16(22(21-12)13-6-4-3-5-7-13)20-17(23)19-15-9-8-14(24-2)11-18-15/h3-11H,1-2H3,(H2,18,19,20,23). The molecule has 24 heavy (non-hydrogen) atoms. The molecular formula is C17H17N5O2. The Morgan fingerprint density at radius 2 is 1.92 bits per heavy atom. The Balaban J connectivity index is 1.74. The number of carbonyl (C=O) groups is 1. The Hall–Kier alpha value is -3.35. The largest absolute Gasteiger partial charge is 0.495 e. The van der Waals surface area contributed by atoms with E-state index in [0.29, 0.717) is 17.4 Å². The predicted octanol–water partition coefficient (Wildman–Crippen LogP) is 3.23. The van der Waals surface area contributed by atoms with Crippen LogP contribution in [-0.4, -0.2) is 27.9 Å². The summed E-state index contributed by atoms with van der Waals surface area (Å²) in [5.41, 5.74) is 1.67. The molecule has 0 saturated carbocycles. The van der Waals surface area contributed by atoms with Gasteiger partial charge in [-0.15, -0.1) is 0 Å². The summed E-state index contributed by atoms with van der Waals surface area (Å²) < 4.78 is 6.71. The van der Waals surface area contributed by atoms with Crippen molar-refractivity contribution in [3.8, 4) is 11.4 Å². The van der Waals surface area contributed by atoms with Crippen molar-refractivity contribution in [2.75, 3.05) is 17.7 Å². The number of benzene rings is 1. The number of ether oxygens (including phenoxy) is 1. The number of methoxy groups -OCH3 is 1. The van der Waals surface area contributed by atoms with E-state index >= 15 is 0 Å². The van der Waals surface area contributed by atoms with Crippen LogP contribution in [-0.2, 0) is 0 Å². The molecule has 2 aromatic heterocycles. The molecule has 0 aliphatic carbocycles. The van der Waals surface area contributed by atoms with Gasteiger partial charge in [0.15, 0.2) is 0 Å². The molecule has 2 heterocycles. The summed E-state index contributed by atoms with van der Waals surface area (Å²) in [6, 6.07) is 14.4. The highest BCUT2D eigenvalue weighted by Crippen LogP contribution is 2.17. The Labute approximate surface area is 139 Å². The first-order chi connectivity index (χ1) is 11.7. The van der Waals surface area contributed by atoms with Crippen LogP contribution >= 0.6 is 0 Å². The predicted molar refractivity (Wildman–Crippen MR) is 91.7 cm³/mol. The van der Waals surface area contributed by atoms with E-state index in [4.69, 9.17) is 4.74 Å². The zero-order chi connectivity index (χ0) is 16.9. The van der Waals surface area contributed by atoms with Crippen LogP contribution < -0.4 is 15.4 Å². The van der Waals surface area contributed by atoms with Gasteiger partial charge in [-0.3, -0.25) is 10.6 Å². The minimum absolute atomic E-state index is 0.398. The number of rotatable bonds is 4. The molecule has 2 N–H and O–H groups in total. The van der Waals surface area contributed by atoms with Crippen LogP contribution in [0, 0.1) is 6.92 Å². The molecule has 0 aliphatic heterocycles. The second-order valence-electron chi connectivity index (χ2n) is 5.08. The van der Waals surface area contributed by atoms with Gasteiger partial charge in [0.25, 0.3) is 0 Å². The number of anilines is 2. The lowest BCUT2D eigenvalue weighted by molar-refractivity contribution is 0.262. The highest BCUT2D eigenvalue weighted by Gasteiger charge is 2.11. The third-order valence-electron chi connectivity index (χ3n) is 3.29. The van der Waals surface area contributed by atoms with Crippen LogP contribution in [0.4, 0.5) is 16.4 Å². The van der Waals surface area contributed by atoms with Crippen molar-refractivity contribution in [2.24, 2.45) is 0 Å². The third kappa shape index (κ3) is 3.52. The second-order valence-corrected chi connectivity index (χ2v) is 5.08. The van der Waals surface area contributed by atoms with E-state index < -0.39 is 6.03 Å². The highest BCUT2D eigenvalue weighted by molar-refractivity contribution is 5.98. The molecule has 3 aromatic rings. The van der Waals surface area contributed by atoms with Crippen LogP contribution in [0.25, 0.3) is 5.69 Å². The van der Waals surface area contributed by atoms with E-state index in [9.17, 15) is 4.79 Å². The van der Waals surface area contributed by atoms with Crippen LogP contribution in [0.2, 0.25) is 0 Å². The molecule has 122 valence electrons. The average Bonchev–Trinajstić information content (AvgIpc) is 2.96. The summed E-state index contributed by atoms with van der Waals surface area (Å²) >= 11 is 0. The molecule has 0 unspecified atom stereocenters. The number of hydrogen-bond acceptors (Lipinski definition) is 4. The number of aromatic nitrogens is 3. The minimum atomic E-state index is -0.398. The van der Waals surface area contributed by atoms with Crippen molar-refractivity contribution < 1.29 is 9.53 Å². The maximum Gasteiger partial charge on any atom is 0.326 e. The fourth-order valence-corrected chi connectivity index (χ4v) is 2.19. The first kappa shape index (κ1) is 15.5. The molecule has 3 rings (SSSR count). The van der Waals surface area contributed by atoms with Gasteiger partial charge in [-0.25, -0.2) is 14.5 Å². The number of aryl methyl sites for hydroxylation is 1. The fourth-order valence-electron chi connectivity index (χ4n) is 2.19. The maximum atomic E-state index is 12.2. The van der Waals surface area contributed by atoms with Crippen molar-refractivity contribution in [1.29, 1.82) is 0 Å². The first-order valence-electron chi connectivity index (χ1n) is 7.36. The van der Waals surface area contributed by atoms with E-state index in [1.165, 1.54) is 6.20 Å². The highest BCUT2D eigenvalue weighted by atomic mass is 16.5. The molecule has 0 atom stereocenters. The average molecular weight is 323 g/mol. The lowest BCUT2D eigenvalue weighted by Crippen LogP contribution is -2.21. The number of hydrogen-bond donors (Lipinski definition) is 2. The topological polar surface area (TPSA) is 81.1 Å². The number of nitrogens with one attached hydrogen (secondary N) is 2. The molecule has 0 spiro atoms. The Bertz CT molecular complexity index is 828. The minimum Gasteiger partial charge on any atom is -0.495 e. The first-order valence-corrected chi connectivity index (χ1v) is 7.36. The quantitative estimate of drug-likeness (QED) is 0.772. The van der Waals surface area contributed by atoms with Gasteiger partial charge in [0.2, 0.25) is 0 Å². The normalized spacial score (nSPS) is 10.2. The van der Waals surface area contributed by atoms with Gasteiger partial charge in [-0.2, -0.15) is 5.10 Å². The van der Waals surface area contributed by atoms with E-state index in [0.717, 1.165) is 11.4 Å². The second kappa shape index (κ2) is 6.82. The van der Waals surface area contributed by atoms with Crippen LogP contribution in [0.3, 0.4) is 0 Å². The van der Waals surface area contributed by atoms with Gasteiger partial charge in [-0.05, 0) is 31.2 Å². The summed E-state index contributed by atoms with van der Waals surface area (Å²) in [6.07, 6.45) is 1.54. The van der Waals surface area contributed by atoms with Gasteiger partial charge >= 0.3 is 6.03 Å². The van der Waals surface area contributed by atoms with Crippen molar-refractivity contribution in [2.45, 2.75) is 6.92 Å². The summed E-state index contributed by atoms with van der Waals surface area (Å²) in [5, 5.41) is 9.86. The van der Waals surface area contributed by atoms with E-state index in [2.05, 4.69) is 20.7 Å². The molecule has 0 radical (unpaired) electrons. The van der Waals surface area contributed by atoms with Crippen molar-refractivity contribution in [1.82, 2.24) is 14.8 Å². The number of pyridine rings is 1. The number of para-hydroxylation sites is 1. The molecular weight excluding hydrogens is 306 g/mol. The van der Waals surface area contributed by atoms with Crippen molar-refractivity contribution in [3.05, 3.63) is 60.4 Å². The summed E-state index contributed by atoms with van der Waals surface area (Å²) in [5.74, 6) is 1.62. The number of nitrogens with zero attached hydrogens (tertiary/aromatic N) is 3. The zero-order valence-electron chi connectivity index (χ0n) is 13.4. The van der Waals surface area contributed by atoms with E-state index in [1.807, 2.05) is 37.3 Å². The van der Waals surface area contributed by atoms with Gasteiger partial charge in [0.05, 0.1) is 24.7 Å². The number of urea groups is 1. The molecule has 1 aromatic carbocycles. The molecule has 0 aliphatic rings. The SMILES string of the molecule is COc1ccc(NC(=O)Nc2cc(C)nn2-c2ccccc2)nc1. The molecule has 7 nitrogen and oxygen atoms in total. The molecule has 0 fully saturated rings. The maximum absolute atomic E-state index is 12.2. The lowest BCUT2D eigenvalue weighted by Gasteiger charge is -2.10. The van der Waals surface area contributed by atoms with Gasteiger partial charge in [-0.1, -0.05) is 18.2 Å². The third-order valence-corrected chi connectivity index (χ3v) is 3.29. The molecule has 2 amide bonds. The Morgan fingerprint density at radius 3 is 2.58 bits per heavy atom.